The lowest BCUT2D eigenvalue weighted by molar-refractivity contribution is -0.142. The molecule has 8 nitrogen and oxygen atoms in total. The van der Waals surface area contributed by atoms with E-state index in [1.165, 1.54) is 18.8 Å². The minimum absolute atomic E-state index is 0.133. The number of carbonyl (C=O) groups excluding carboxylic acids is 1. The number of halogens is 1. The number of imidazole rings is 1. The summed E-state index contributed by atoms with van der Waals surface area (Å²) >= 11 is 4.62. The average molecular weight is 482 g/mol. The number of hydrogen-bond acceptors (Lipinski definition) is 6. The first kappa shape index (κ1) is 20.0. The first-order chi connectivity index (χ1) is 14.3. The van der Waals surface area contributed by atoms with E-state index in [0.29, 0.717) is 16.6 Å². The number of esters is 1. The van der Waals surface area contributed by atoms with Crippen LogP contribution in [0.4, 0.5) is 0 Å². The fraction of sp³-hybridized carbons (Fsp3) is 0.368. The van der Waals surface area contributed by atoms with Crippen LogP contribution >= 0.6 is 27.7 Å². The van der Waals surface area contributed by atoms with Crippen LogP contribution in [-0.4, -0.2) is 36.9 Å². The Balaban J connectivity index is 2.21. The van der Waals surface area contributed by atoms with Gasteiger partial charge < -0.3 is 9.30 Å². The first-order valence-electron chi connectivity index (χ1n) is 9.52. The number of nitrogens with zero attached hydrogens (tertiary/aromatic N) is 3. The summed E-state index contributed by atoms with van der Waals surface area (Å²) in [6, 6.07) is 7.57. The maximum absolute atomic E-state index is 12.8. The Bertz CT molecular complexity index is 1220. The number of aromatic nitrogens is 4. The normalized spacial score (nSPS) is 12.8. The highest BCUT2D eigenvalue weighted by Crippen LogP contribution is 2.29. The summed E-state index contributed by atoms with van der Waals surface area (Å²) in [6.45, 7) is 4.15. The van der Waals surface area contributed by atoms with E-state index in [1.807, 2.05) is 31.2 Å². The maximum atomic E-state index is 12.8. The highest BCUT2D eigenvalue weighted by atomic mass is 79.9. The smallest absolute Gasteiger partial charge is 0.329 e. The molecular formula is C19H21BrN4O4S. The fourth-order valence-corrected chi connectivity index (χ4v) is 4.34. The van der Waals surface area contributed by atoms with Gasteiger partial charge in [0.25, 0.3) is 5.56 Å². The summed E-state index contributed by atoms with van der Waals surface area (Å²) in [7, 11) is 1.46. The van der Waals surface area contributed by atoms with Crippen molar-refractivity contribution >= 4 is 44.8 Å². The molecule has 1 atom stereocenters. The topological polar surface area (TPSA) is 99.0 Å². The van der Waals surface area contributed by atoms with E-state index in [1.54, 1.807) is 11.5 Å². The van der Waals surface area contributed by atoms with E-state index in [2.05, 4.69) is 20.9 Å². The van der Waals surface area contributed by atoms with Crippen molar-refractivity contribution in [1.29, 1.82) is 0 Å². The molecule has 0 amide bonds. The van der Waals surface area contributed by atoms with Crippen LogP contribution in [0.1, 0.15) is 25.8 Å². The summed E-state index contributed by atoms with van der Waals surface area (Å²) in [5, 5.41) is -0.110. The molecule has 0 radical (unpaired) electrons. The third kappa shape index (κ3) is 4.48. The van der Waals surface area contributed by atoms with E-state index in [-0.39, 0.29) is 30.3 Å². The third-order valence-electron chi connectivity index (χ3n) is 4.32. The molecule has 0 saturated carbocycles. The highest BCUT2D eigenvalue weighted by Gasteiger charge is 2.25. The van der Waals surface area contributed by atoms with Crippen molar-refractivity contribution in [2.75, 3.05) is 6.61 Å². The number of fused-ring (bicyclic) bond motifs is 1. The Morgan fingerprint density at radius 3 is 2.83 bits per heavy atom. The van der Waals surface area contributed by atoms with Gasteiger partial charge in [0.15, 0.2) is 17.7 Å². The molecule has 2 heterocycles. The largest absolute Gasteiger partial charge is 0.465 e. The molecule has 0 aliphatic rings. The zero-order valence-electron chi connectivity index (χ0n) is 17.2. The van der Waals surface area contributed by atoms with Crippen molar-refractivity contribution in [3.63, 3.8) is 0 Å². The lowest BCUT2D eigenvalue weighted by Gasteiger charge is -2.14. The molecule has 1 unspecified atom stereocenters. The lowest BCUT2D eigenvalue weighted by Crippen LogP contribution is -2.29. The zero-order chi connectivity index (χ0) is 22.0. The van der Waals surface area contributed by atoms with Gasteiger partial charge in [0.1, 0.15) is 5.25 Å². The minimum Gasteiger partial charge on any atom is -0.465 e. The molecule has 29 heavy (non-hydrogen) atoms. The van der Waals surface area contributed by atoms with Crippen LogP contribution in [0.3, 0.4) is 0 Å². The number of hydrogen-bond donors (Lipinski definition) is 1. The average Bonchev–Trinajstić information content (AvgIpc) is 3.07. The Morgan fingerprint density at radius 2 is 2.17 bits per heavy atom. The van der Waals surface area contributed by atoms with Crippen molar-refractivity contribution in [2.24, 2.45) is 7.05 Å². The summed E-state index contributed by atoms with van der Waals surface area (Å²) in [4.78, 5) is 42.1. The Hall–Kier alpha value is -2.33. The molecule has 0 spiro atoms. The van der Waals surface area contributed by atoms with Crippen molar-refractivity contribution < 1.29 is 10.9 Å². The van der Waals surface area contributed by atoms with Crippen LogP contribution in [0, 0.1) is 0 Å². The predicted octanol–water partition coefficient (Wildman–Crippen LogP) is 2.67. The van der Waals surface area contributed by atoms with Crippen LogP contribution in [0.5, 0.6) is 0 Å². The van der Waals surface area contributed by atoms with Crippen molar-refractivity contribution in [1.82, 2.24) is 19.1 Å². The second-order valence-electron chi connectivity index (χ2n) is 6.31. The monoisotopic (exact) mass is 481 g/mol. The quantitative estimate of drug-likeness (QED) is 0.411. The van der Waals surface area contributed by atoms with E-state index in [9.17, 15) is 14.4 Å². The first-order valence-corrected chi connectivity index (χ1v) is 10.7. The SMILES string of the molecule is [2H]n1c(=O)c2c(nc(SC(CC)C(=O)OCC)n2Cc2cccc(Br)c2)n(C)c1=O. The number of benzene rings is 1. The van der Waals surface area contributed by atoms with Crippen molar-refractivity contribution in [3.05, 3.63) is 55.1 Å². The van der Waals surface area contributed by atoms with Crippen molar-refractivity contribution in [3.8, 4) is 0 Å². The van der Waals surface area contributed by atoms with E-state index < -0.39 is 16.5 Å². The van der Waals surface area contributed by atoms with Gasteiger partial charge in [-0.1, -0.05) is 46.7 Å². The molecule has 10 heteroatoms. The Labute approximate surface area is 180 Å². The maximum Gasteiger partial charge on any atom is 0.329 e. The molecule has 154 valence electrons. The number of aryl methyl sites for hydroxylation is 1. The standard InChI is InChI=1S/C19H21BrN4O4S/c1-4-13(17(26)28-5-2)29-19-21-15-14(16(25)22-18(27)23(15)3)24(19)10-11-7-6-8-12(20)9-11/h6-9,13H,4-5,10H2,1-3H3,(H,22,25,27)/i/hD. The number of thioether (sulfide) groups is 1. The molecule has 2 aromatic heterocycles. The molecular weight excluding hydrogens is 460 g/mol. The number of H-pyrrole nitrogens is 1. The second kappa shape index (κ2) is 9.00. The fourth-order valence-electron chi connectivity index (χ4n) is 2.89. The Kier molecular flexibility index (Phi) is 6.19. The molecule has 0 bridgehead atoms. The predicted molar refractivity (Wildman–Crippen MR) is 115 cm³/mol. The molecule has 3 rings (SSSR count). The summed E-state index contributed by atoms with van der Waals surface area (Å²) < 4.78 is 16.7. The molecule has 0 aliphatic heterocycles. The van der Waals surface area contributed by atoms with Crippen LogP contribution in [0.15, 0.2) is 43.5 Å². The summed E-state index contributed by atoms with van der Waals surface area (Å²) in [5.41, 5.74) is -0.349. The number of carbonyl (C=O) groups is 1. The zero-order valence-corrected chi connectivity index (χ0v) is 18.6. The van der Waals surface area contributed by atoms with Gasteiger partial charge in [-0.05, 0) is 31.0 Å². The van der Waals surface area contributed by atoms with Gasteiger partial charge in [-0.15, -0.1) is 0 Å². The number of nitrogens with one attached hydrogen (secondary N) is 1. The highest BCUT2D eigenvalue weighted by molar-refractivity contribution is 9.10. The molecule has 1 aromatic carbocycles. The van der Waals surface area contributed by atoms with Gasteiger partial charge in [-0.25, -0.2) is 9.78 Å². The van der Waals surface area contributed by atoms with E-state index in [0.717, 1.165) is 14.6 Å². The van der Waals surface area contributed by atoms with Crippen molar-refractivity contribution in [2.45, 2.75) is 37.2 Å². The van der Waals surface area contributed by atoms with Gasteiger partial charge in [0.05, 0.1) is 13.2 Å². The van der Waals surface area contributed by atoms with E-state index in [4.69, 9.17) is 6.15 Å². The second-order valence-corrected chi connectivity index (χ2v) is 8.39. The van der Waals surface area contributed by atoms with Crippen LogP contribution < -0.4 is 11.2 Å². The molecule has 3 aromatic rings. The third-order valence-corrected chi connectivity index (χ3v) is 6.14. The molecule has 0 saturated heterocycles. The lowest BCUT2D eigenvalue weighted by atomic mass is 10.2. The number of aromatic amines is 1. The number of rotatable bonds is 7. The van der Waals surface area contributed by atoms with Crippen LogP contribution in [0.25, 0.3) is 11.2 Å². The summed E-state index contributed by atoms with van der Waals surface area (Å²) in [5.74, 6) is -0.363. The number of ether oxygens (including phenoxy) is 1. The van der Waals surface area contributed by atoms with Gasteiger partial charge in [0, 0.05) is 11.5 Å². The van der Waals surface area contributed by atoms with Crippen LogP contribution in [0.2, 0.25) is 1.41 Å². The van der Waals surface area contributed by atoms with Gasteiger partial charge >= 0.3 is 11.7 Å². The van der Waals surface area contributed by atoms with Gasteiger partial charge in [0.2, 0.25) is 0 Å². The van der Waals surface area contributed by atoms with Gasteiger partial charge in [-0.3, -0.25) is 19.1 Å². The molecule has 0 fully saturated rings. The minimum atomic E-state index is -0.784. The van der Waals surface area contributed by atoms with Gasteiger partial charge in [-0.2, -0.15) is 0 Å². The van der Waals surface area contributed by atoms with Crippen LogP contribution in [-0.2, 0) is 23.1 Å². The summed E-state index contributed by atoms with van der Waals surface area (Å²) in [6.07, 6.45) is 0.505. The molecule has 0 aliphatic carbocycles. The molecule has 1 N–H and O–H groups in total. The Morgan fingerprint density at radius 1 is 1.41 bits per heavy atom. The van der Waals surface area contributed by atoms with E-state index >= 15 is 0 Å².